The molecule has 0 bridgehead atoms. The first-order valence-electron chi connectivity index (χ1n) is 6.33. The van der Waals surface area contributed by atoms with Crippen molar-refractivity contribution in [2.45, 2.75) is 32.2 Å². The molecule has 0 radical (unpaired) electrons. The van der Waals surface area contributed by atoms with Crippen LogP contribution in [0, 0.1) is 6.92 Å². The maximum atomic E-state index is 12.1. The van der Waals surface area contributed by atoms with Gasteiger partial charge in [0, 0.05) is 28.4 Å². The molecule has 1 amide bonds. The lowest BCUT2D eigenvalue weighted by molar-refractivity contribution is -0.139. The number of amides is 1. The van der Waals surface area contributed by atoms with Gasteiger partial charge in [-0.1, -0.05) is 0 Å². The van der Waals surface area contributed by atoms with Crippen LogP contribution in [-0.4, -0.2) is 34.5 Å². The van der Waals surface area contributed by atoms with Crippen molar-refractivity contribution in [3.05, 3.63) is 28.0 Å². The summed E-state index contributed by atoms with van der Waals surface area (Å²) in [7, 11) is 0. The number of carboxylic acids is 1. The summed E-state index contributed by atoms with van der Waals surface area (Å²) in [6, 6.07) is 3.83. The van der Waals surface area contributed by atoms with Crippen LogP contribution < -0.4 is 0 Å². The molecular weight excluding hydrogens is 262 g/mol. The molecule has 1 aliphatic rings. The van der Waals surface area contributed by atoms with E-state index in [-0.39, 0.29) is 18.4 Å². The number of hydrogen-bond acceptors (Lipinski definition) is 3. The van der Waals surface area contributed by atoms with Crippen LogP contribution in [0.3, 0.4) is 0 Å². The molecule has 1 fully saturated rings. The van der Waals surface area contributed by atoms with Crippen LogP contribution >= 0.6 is 11.3 Å². The highest BCUT2D eigenvalue weighted by molar-refractivity contribution is 7.12. The van der Waals surface area contributed by atoms with Gasteiger partial charge in [-0.15, -0.1) is 11.3 Å². The molecule has 1 aromatic heterocycles. The molecule has 102 valence electrons. The van der Waals surface area contributed by atoms with Crippen LogP contribution in [0.25, 0.3) is 6.08 Å². The van der Waals surface area contributed by atoms with Crippen LogP contribution in [-0.2, 0) is 9.59 Å². The fraction of sp³-hybridized carbons (Fsp3) is 0.429. The number of nitrogens with zero attached hydrogens (tertiary/aromatic N) is 1. The van der Waals surface area contributed by atoms with Gasteiger partial charge in [0.25, 0.3) is 0 Å². The maximum Gasteiger partial charge on any atom is 0.305 e. The van der Waals surface area contributed by atoms with Gasteiger partial charge in [-0.3, -0.25) is 9.59 Å². The van der Waals surface area contributed by atoms with E-state index >= 15 is 0 Å². The van der Waals surface area contributed by atoms with Crippen molar-refractivity contribution in [2.75, 3.05) is 6.54 Å². The summed E-state index contributed by atoms with van der Waals surface area (Å²) in [4.78, 5) is 26.7. The van der Waals surface area contributed by atoms with Gasteiger partial charge in [-0.2, -0.15) is 0 Å². The van der Waals surface area contributed by atoms with E-state index in [9.17, 15) is 9.59 Å². The fourth-order valence-electron chi connectivity index (χ4n) is 2.33. The minimum absolute atomic E-state index is 0.0394. The minimum Gasteiger partial charge on any atom is -0.481 e. The van der Waals surface area contributed by atoms with E-state index in [1.807, 2.05) is 19.1 Å². The molecule has 19 heavy (non-hydrogen) atoms. The summed E-state index contributed by atoms with van der Waals surface area (Å²) in [5.74, 6) is -0.933. The van der Waals surface area contributed by atoms with Gasteiger partial charge in [-0.25, -0.2) is 0 Å². The lowest BCUT2D eigenvalue weighted by Gasteiger charge is -2.21. The standard InChI is InChI=1S/C14H17NO3S/c1-10-4-5-12(19-10)6-7-13(16)15-8-2-3-11(15)9-14(17)18/h4-7,11H,2-3,8-9H2,1H3,(H,17,18). The average Bonchev–Trinajstić information content (AvgIpc) is 2.94. The van der Waals surface area contributed by atoms with Crippen LogP contribution in [0.2, 0.25) is 0 Å². The second kappa shape index (κ2) is 6.02. The molecule has 1 unspecified atom stereocenters. The maximum absolute atomic E-state index is 12.1. The molecule has 1 aromatic rings. The van der Waals surface area contributed by atoms with Gasteiger partial charge in [-0.05, 0) is 38.0 Å². The first-order valence-corrected chi connectivity index (χ1v) is 7.15. The van der Waals surface area contributed by atoms with Gasteiger partial charge in [0.1, 0.15) is 0 Å². The van der Waals surface area contributed by atoms with Gasteiger partial charge in [0.05, 0.1) is 6.42 Å². The Labute approximate surface area is 116 Å². The zero-order valence-electron chi connectivity index (χ0n) is 10.8. The molecule has 0 saturated carbocycles. The summed E-state index contributed by atoms with van der Waals surface area (Å²) < 4.78 is 0. The molecule has 0 aliphatic carbocycles. The predicted molar refractivity (Wildman–Crippen MR) is 75.1 cm³/mol. The monoisotopic (exact) mass is 279 g/mol. The molecule has 2 heterocycles. The number of thiophene rings is 1. The first kappa shape index (κ1) is 13.8. The first-order chi connectivity index (χ1) is 9.06. The number of carbonyl (C=O) groups is 2. The second-order valence-corrected chi connectivity index (χ2v) is 6.03. The minimum atomic E-state index is -0.845. The highest BCUT2D eigenvalue weighted by Crippen LogP contribution is 2.21. The molecule has 5 heteroatoms. The summed E-state index contributed by atoms with van der Waals surface area (Å²) in [6.07, 6.45) is 5.05. The number of rotatable bonds is 4. The van der Waals surface area contributed by atoms with Crippen molar-refractivity contribution in [3.8, 4) is 0 Å². The highest BCUT2D eigenvalue weighted by atomic mass is 32.1. The third-order valence-electron chi connectivity index (χ3n) is 3.22. The molecule has 1 atom stereocenters. The van der Waals surface area contributed by atoms with Crippen molar-refractivity contribution >= 4 is 29.3 Å². The smallest absolute Gasteiger partial charge is 0.305 e. The average molecular weight is 279 g/mol. The molecule has 0 aromatic carbocycles. The number of hydrogen-bond donors (Lipinski definition) is 1. The third kappa shape index (κ3) is 3.67. The van der Waals surface area contributed by atoms with Crippen molar-refractivity contribution < 1.29 is 14.7 Å². The van der Waals surface area contributed by atoms with E-state index in [0.717, 1.165) is 17.7 Å². The normalized spacial score (nSPS) is 19.2. The quantitative estimate of drug-likeness (QED) is 0.862. The van der Waals surface area contributed by atoms with Crippen LogP contribution in [0.1, 0.15) is 29.0 Å². The SMILES string of the molecule is Cc1ccc(C=CC(=O)N2CCCC2CC(=O)O)s1. The van der Waals surface area contributed by atoms with Crippen molar-refractivity contribution in [1.82, 2.24) is 4.90 Å². The lowest BCUT2D eigenvalue weighted by atomic mass is 10.1. The van der Waals surface area contributed by atoms with Crippen LogP contribution in [0.15, 0.2) is 18.2 Å². The molecule has 1 saturated heterocycles. The van der Waals surface area contributed by atoms with E-state index in [1.165, 1.54) is 4.88 Å². The third-order valence-corrected chi connectivity index (χ3v) is 4.19. The van der Waals surface area contributed by atoms with Crippen LogP contribution in [0.4, 0.5) is 0 Å². The highest BCUT2D eigenvalue weighted by Gasteiger charge is 2.28. The zero-order valence-corrected chi connectivity index (χ0v) is 11.7. The van der Waals surface area contributed by atoms with Crippen molar-refractivity contribution in [3.63, 3.8) is 0 Å². The second-order valence-electron chi connectivity index (χ2n) is 4.71. The number of aryl methyl sites for hydroxylation is 1. The van der Waals surface area contributed by atoms with Gasteiger partial charge < -0.3 is 10.0 Å². The molecule has 4 nitrogen and oxygen atoms in total. The van der Waals surface area contributed by atoms with Gasteiger partial charge in [0.2, 0.25) is 5.91 Å². The van der Waals surface area contributed by atoms with Gasteiger partial charge in [0.15, 0.2) is 0 Å². The predicted octanol–water partition coefficient (Wildman–Crippen LogP) is 2.54. The Balaban J connectivity index is 1.98. The summed E-state index contributed by atoms with van der Waals surface area (Å²) in [5.41, 5.74) is 0. The van der Waals surface area contributed by atoms with E-state index in [0.29, 0.717) is 6.54 Å². The van der Waals surface area contributed by atoms with E-state index in [2.05, 4.69) is 0 Å². The van der Waals surface area contributed by atoms with E-state index in [4.69, 9.17) is 5.11 Å². The number of aliphatic carboxylic acids is 1. The molecular formula is C14H17NO3S. The molecule has 0 spiro atoms. The zero-order chi connectivity index (χ0) is 13.8. The molecule has 1 N–H and O–H groups in total. The number of carboxylic acid groups (broad SMARTS) is 1. The Bertz CT molecular complexity index is 507. The summed E-state index contributed by atoms with van der Waals surface area (Å²) in [5, 5.41) is 8.83. The Morgan fingerprint density at radius 1 is 1.53 bits per heavy atom. The fourth-order valence-corrected chi connectivity index (χ4v) is 3.11. The van der Waals surface area contributed by atoms with Gasteiger partial charge >= 0.3 is 5.97 Å². The Kier molecular flexibility index (Phi) is 4.37. The molecule has 2 rings (SSSR count). The summed E-state index contributed by atoms with van der Waals surface area (Å²) in [6.45, 7) is 2.68. The number of carbonyl (C=O) groups excluding carboxylic acids is 1. The largest absolute Gasteiger partial charge is 0.481 e. The van der Waals surface area contributed by atoms with Crippen molar-refractivity contribution in [2.24, 2.45) is 0 Å². The van der Waals surface area contributed by atoms with E-state index < -0.39 is 5.97 Å². The topological polar surface area (TPSA) is 57.6 Å². The van der Waals surface area contributed by atoms with Crippen molar-refractivity contribution in [1.29, 1.82) is 0 Å². The molecule has 1 aliphatic heterocycles. The van der Waals surface area contributed by atoms with Crippen LogP contribution in [0.5, 0.6) is 0 Å². The lowest BCUT2D eigenvalue weighted by Crippen LogP contribution is -2.35. The Morgan fingerprint density at radius 2 is 2.32 bits per heavy atom. The Hall–Kier alpha value is -1.62. The van der Waals surface area contributed by atoms with E-state index in [1.54, 1.807) is 28.4 Å². The number of likely N-dealkylation sites (tertiary alicyclic amines) is 1. The Morgan fingerprint density at radius 3 is 2.95 bits per heavy atom. The summed E-state index contributed by atoms with van der Waals surface area (Å²) >= 11 is 1.63.